The Kier molecular flexibility index (Phi) is 6.76. The van der Waals surface area contributed by atoms with E-state index in [1.165, 1.54) is 16.5 Å². The summed E-state index contributed by atoms with van der Waals surface area (Å²) in [4.78, 5) is 0. The lowest BCUT2D eigenvalue weighted by atomic mass is 10.0. The molecule has 0 amide bonds. The summed E-state index contributed by atoms with van der Waals surface area (Å²) in [6.07, 6.45) is 5.89. The lowest BCUT2D eigenvalue weighted by Gasteiger charge is -2.13. The number of aromatic nitrogens is 6. The van der Waals surface area contributed by atoms with Gasteiger partial charge in [0.25, 0.3) is 0 Å². The number of ether oxygens (including phenoxy) is 2. The highest BCUT2D eigenvalue weighted by molar-refractivity contribution is 5.84. The summed E-state index contributed by atoms with van der Waals surface area (Å²) in [5.74, 6) is 2.38. The molecule has 0 atom stereocenters. The lowest BCUT2D eigenvalue weighted by Crippen LogP contribution is -2.04. The number of aromatic amines is 1. The number of nitrogens with zero attached hydrogens (tertiary/aromatic N) is 5. The first kappa shape index (κ1) is 20.8. The Bertz CT molecular complexity index is 1090. The molecule has 4 aromatic rings. The zero-order chi connectivity index (χ0) is 21.5. The van der Waals surface area contributed by atoms with E-state index in [0.29, 0.717) is 19.0 Å². The van der Waals surface area contributed by atoms with Crippen LogP contribution < -0.4 is 9.47 Å². The van der Waals surface area contributed by atoms with Gasteiger partial charge in [0, 0.05) is 23.1 Å². The maximum absolute atomic E-state index is 6.13. The SMILES string of the molecule is CCCc1c(OCCCCOc2ccc(-c3nn[nH]n3)cc2)ccc2c1cnn2CC. The van der Waals surface area contributed by atoms with Gasteiger partial charge in [-0.15, -0.1) is 10.2 Å². The molecule has 0 spiro atoms. The van der Waals surface area contributed by atoms with Crippen molar-refractivity contribution in [3.05, 3.63) is 48.2 Å². The van der Waals surface area contributed by atoms with Gasteiger partial charge < -0.3 is 9.47 Å². The van der Waals surface area contributed by atoms with Crippen LogP contribution in [0.25, 0.3) is 22.3 Å². The molecule has 0 fully saturated rings. The maximum atomic E-state index is 6.13. The minimum atomic E-state index is 0.575. The minimum absolute atomic E-state index is 0.575. The number of benzene rings is 2. The highest BCUT2D eigenvalue weighted by Crippen LogP contribution is 2.29. The van der Waals surface area contributed by atoms with Crippen LogP contribution in [-0.2, 0) is 13.0 Å². The minimum Gasteiger partial charge on any atom is -0.494 e. The Morgan fingerprint density at radius 2 is 1.77 bits per heavy atom. The van der Waals surface area contributed by atoms with E-state index in [4.69, 9.17) is 9.47 Å². The molecule has 0 aliphatic heterocycles. The van der Waals surface area contributed by atoms with E-state index in [1.807, 2.05) is 35.1 Å². The number of H-pyrrole nitrogens is 1. The van der Waals surface area contributed by atoms with Crippen LogP contribution in [0, 0.1) is 0 Å². The molecule has 2 aromatic heterocycles. The summed E-state index contributed by atoms with van der Waals surface area (Å²) in [7, 11) is 0. The molecule has 2 heterocycles. The molecule has 0 saturated heterocycles. The van der Waals surface area contributed by atoms with Crippen LogP contribution in [0.15, 0.2) is 42.6 Å². The van der Waals surface area contributed by atoms with Crippen molar-refractivity contribution < 1.29 is 9.47 Å². The van der Waals surface area contributed by atoms with Crippen molar-refractivity contribution in [2.45, 2.75) is 46.1 Å². The predicted molar refractivity (Wildman–Crippen MR) is 119 cm³/mol. The molecule has 8 heteroatoms. The second-order valence-electron chi connectivity index (χ2n) is 7.35. The average Bonchev–Trinajstić information content (AvgIpc) is 3.48. The second-order valence-corrected chi connectivity index (χ2v) is 7.35. The van der Waals surface area contributed by atoms with E-state index in [0.717, 1.165) is 49.3 Å². The van der Waals surface area contributed by atoms with Crippen LogP contribution in [0.2, 0.25) is 0 Å². The Hall–Kier alpha value is -3.42. The summed E-state index contributed by atoms with van der Waals surface area (Å²) in [6, 6.07) is 11.9. The monoisotopic (exact) mass is 420 g/mol. The highest BCUT2D eigenvalue weighted by atomic mass is 16.5. The number of fused-ring (bicyclic) bond motifs is 1. The van der Waals surface area contributed by atoms with Crippen molar-refractivity contribution in [1.82, 2.24) is 30.4 Å². The molecule has 0 aliphatic carbocycles. The summed E-state index contributed by atoms with van der Waals surface area (Å²) in [5, 5.41) is 19.7. The van der Waals surface area contributed by atoms with Crippen molar-refractivity contribution in [3.8, 4) is 22.9 Å². The molecule has 0 unspecified atom stereocenters. The van der Waals surface area contributed by atoms with E-state index < -0.39 is 0 Å². The van der Waals surface area contributed by atoms with Gasteiger partial charge >= 0.3 is 0 Å². The molecule has 0 radical (unpaired) electrons. The zero-order valence-electron chi connectivity index (χ0n) is 18.0. The quantitative estimate of drug-likeness (QED) is 0.361. The number of aryl methyl sites for hydroxylation is 2. The predicted octanol–water partition coefficient (Wildman–Crippen LogP) is 4.43. The van der Waals surface area contributed by atoms with Crippen LogP contribution >= 0.6 is 0 Å². The van der Waals surface area contributed by atoms with E-state index in [2.05, 4.69) is 51.7 Å². The maximum Gasteiger partial charge on any atom is 0.204 e. The molecule has 8 nitrogen and oxygen atoms in total. The standard InChI is InChI=1S/C23H28N6O2/c1-3-7-19-20-16-24-29(4-2)21(20)12-13-22(19)31-15-6-5-14-30-18-10-8-17(9-11-18)23-25-27-28-26-23/h8-13,16H,3-7,14-15H2,1-2H3,(H,25,26,27,28). The number of unbranched alkanes of at least 4 members (excludes halogenated alkanes) is 1. The number of hydrogen-bond donors (Lipinski definition) is 1. The van der Waals surface area contributed by atoms with Gasteiger partial charge in [-0.3, -0.25) is 4.68 Å². The summed E-state index contributed by atoms with van der Waals surface area (Å²) in [5.41, 5.74) is 3.34. The van der Waals surface area contributed by atoms with Gasteiger partial charge in [0.2, 0.25) is 5.82 Å². The van der Waals surface area contributed by atoms with E-state index in [-0.39, 0.29) is 0 Å². The summed E-state index contributed by atoms with van der Waals surface area (Å²) in [6.45, 7) is 6.49. The van der Waals surface area contributed by atoms with Crippen LogP contribution in [0.5, 0.6) is 11.5 Å². The van der Waals surface area contributed by atoms with Gasteiger partial charge in [-0.1, -0.05) is 13.3 Å². The van der Waals surface area contributed by atoms with Crippen LogP contribution in [0.3, 0.4) is 0 Å². The third-order valence-corrected chi connectivity index (χ3v) is 5.22. The Morgan fingerprint density at radius 1 is 0.968 bits per heavy atom. The van der Waals surface area contributed by atoms with Crippen molar-refractivity contribution >= 4 is 10.9 Å². The topological polar surface area (TPSA) is 90.7 Å². The van der Waals surface area contributed by atoms with Crippen molar-refractivity contribution in [3.63, 3.8) is 0 Å². The third kappa shape index (κ3) is 4.84. The zero-order valence-corrected chi connectivity index (χ0v) is 18.0. The summed E-state index contributed by atoms with van der Waals surface area (Å²) < 4.78 is 14.0. The fourth-order valence-corrected chi connectivity index (χ4v) is 3.65. The van der Waals surface area contributed by atoms with E-state index >= 15 is 0 Å². The second kappa shape index (κ2) is 10.1. The molecule has 1 N–H and O–H groups in total. The first-order valence-corrected chi connectivity index (χ1v) is 10.9. The lowest BCUT2D eigenvalue weighted by molar-refractivity contribution is 0.265. The third-order valence-electron chi connectivity index (χ3n) is 5.22. The highest BCUT2D eigenvalue weighted by Gasteiger charge is 2.12. The molecular formula is C23H28N6O2. The number of rotatable bonds is 11. The van der Waals surface area contributed by atoms with Gasteiger partial charge in [-0.05, 0) is 67.8 Å². The van der Waals surface area contributed by atoms with Gasteiger partial charge in [0.15, 0.2) is 0 Å². The Balaban J connectivity index is 1.25. The van der Waals surface area contributed by atoms with Gasteiger partial charge in [-0.2, -0.15) is 10.3 Å². The van der Waals surface area contributed by atoms with E-state index in [9.17, 15) is 0 Å². The largest absolute Gasteiger partial charge is 0.494 e. The van der Waals surface area contributed by atoms with Crippen LogP contribution in [-0.4, -0.2) is 43.6 Å². The van der Waals surface area contributed by atoms with Gasteiger partial charge in [0.1, 0.15) is 11.5 Å². The molecule has 4 rings (SSSR count). The number of hydrogen-bond acceptors (Lipinski definition) is 6. The molecule has 162 valence electrons. The Morgan fingerprint density at radius 3 is 2.48 bits per heavy atom. The van der Waals surface area contributed by atoms with Crippen LogP contribution in [0.1, 0.15) is 38.7 Å². The fraction of sp³-hybridized carbons (Fsp3) is 0.391. The molecule has 0 saturated carbocycles. The molecule has 2 aromatic carbocycles. The molecule has 0 bridgehead atoms. The van der Waals surface area contributed by atoms with Crippen molar-refractivity contribution in [2.24, 2.45) is 0 Å². The number of tetrazole rings is 1. The molecular weight excluding hydrogens is 392 g/mol. The average molecular weight is 421 g/mol. The normalized spacial score (nSPS) is 11.2. The van der Waals surface area contributed by atoms with Crippen LogP contribution in [0.4, 0.5) is 0 Å². The smallest absolute Gasteiger partial charge is 0.204 e. The fourth-order valence-electron chi connectivity index (χ4n) is 3.65. The Labute approximate surface area is 181 Å². The number of nitrogens with one attached hydrogen (secondary N) is 1. The first-order valence-electron chi connectivity index (χ1n) is 10.9. The first-order chi connectivity index (χ1) is 15.3. The van der Waals surface area contributed by atoms with Gasteiger partial charge in [-0.25, -0.2) is 0 Å². The van der Waals surface area contributed by atoms with E-state index in [1.54, 1.807) is 0 Å². The van der Waals surface area contributed by atoms with Gasteiger partial charge in [0.05, 0.1) is 24.9 Å². The van der Waals surface area contributed by atoms with Crippen molar-refractivity contribution in [2.75, 3.05) is 13.2 Å². The van der Waals surface area contributed by atoms with Crippen molar-refractivity contribution in [1.29, 1.82) is 0 Å². The molecule has 31 heavy (non-hydrogen) atoms. The molecule has 0 aliphatic rings. The summed E-state index contributed by atoms with van der Waals surface area (Å²) >= 11 is 0.